The van der Waals surface area contributed by atoms with Crippen LogP contribution in [0.5, 0.6) is 0 Å². The van der Waals surface area contributed by atoms with Crippen LogP contribution in [0.15, 0.2) is 16.5 Å². The largest absolute Gasteiger partial charge is 0.458 e. The Morgan fingerprint density at radius 3 is 2.47 bits per heavy atom. The van der Waals surface area contributed by atoms with Crippen molar-refractivity contribution in [2.45, 2.75) is 46.8 Å². The fraction of sp³-hybridized carbons (Fsp3) is 0.500. The van der Waals surface area contributed by atoms with Crippen LogP contribution in [0, 0.1) is 20.8 Å². The summed E-state index contributed by atoms with van der Waals surface area (Å²) in [4.78, 5) is 0. The summed E-state index contributed by atoms with van der Waals surface area (Å²) in [7, 11) is 0. The first-order valence-electron chi connectivity index (χ1n) is 6.82. The molecule has 104 valence electrons. The third kappa shape index (κ3) is 2.82. The molecule has 3 heteroatoms. The number of aliphatic hydroxyl groups is 1. The van der Waals surface area contributed by atoms with Crippen LogP contribution >= 0.6 is 0 Å². The molecular formula is C16H23NO2. The Labute approximate surface area is 114 Å². The van der Waals surface area contributed by atoms with E-state index in [0.717, 1.165) is 16.5 Å². The lowest BCUT2D eigenvalue weighted by Crippen LogP contribution is -2.27. The average molecular weight is 261 g/mol. The fourth-order valence-electron chi connectivity index (χ4n) is 2.28. The first-order chi connectivity index (χ1) is 8.90. The van der Waals surface area contributed by atoms with E-state index in [0.29, 0.717) is 18.3 Å². The summed E-state index contributed by atoms with van der Waals surface area (Å²) in [6.45, 7) is 10.8. The van der Waals surface area contributed by atoms with Gasteiger partial charge in [-0.2, -0.15) is 0 Å². The van der Waals surface area contributed by atoms with Crippen molar-refractivity contribution in [1.29, 1.82) is 0 Å². The number of hydrogen-bond donors (Lipinski definition) is 2. The fourth-order valence-corrected chi connectivity index (χ4v) is 2.28. The van der Waals surface area contributed by atoms with E-state index in [9.17, 15) is 5.11 Å². The van der Waals surface area contributed by atoms with Crippen LogP contribution in [0.3, 0.4) is 0 Å². The Balaban J connectivity index is 2.36. The van der Waals surface area contributed by atoms with E-state index in [-0.39, 0.29) is 0 Å². The zero-order valence-electron chi connectivity index (χ0n) is 12.4. The molecule has 0 aliphatic heterocycles. The van der Waals surface area contributed by atoms with Gasteiger partial charge in [-0.3, -0.25) is 0 Å². The third-order valence-electron chi connectivity index (χ3n) is 3.59. The highest BCUT2D eigenvalue weighted by Gasteiger charge is 2.16. The second kappa shape index (κ2) is 5.35. The highest BCUT2D eigenvalue weighted by molar-refractivity contribution is 5.85. The lowest BCUT2D eigenvalue weighted by Gasteiger charge is -2.11. The van der Waals surface area contributed by atoms with Crippen molar-refractivity contribution in [2.75, 3.05) is 6.54 Å². The van der Waals surface area contributed by atoms with Gasteiger partial charge in [-0.05, 0) is 43.5 Å². The first kappa shape index (κ1) is 14.1. The summed E-state index contributed by atoms with van der Waals surface area (Å²) in [6.07, 6.45) is -0.603. The molecule has 0 spiro atoms. The van der Waals surface area contributed by atoms with Gasteiger partial charge in [0.25, 0.3) is 0 Å². The molecule has 0 fully saturated rings. The topological polar surface area (TPSA) is 45.4 Å². The number of aryl methyl sites for hydroxylation is 3. The molecule has 1 aromatic heterocycles. The van der Waals surface area contributed by atoms with Gasteiger partial charge >= 0.3 is 0 Å². The molecule has 2 aromatic rings. The number of fused-ring (bicyclic) bond motifs is 1. The average Bonchev–Trinajstić information content (AvgIpc) is 2.78. The number of hydrogen-bond acceptors (Lipinski definition) is 3. The molecule has 0 radical (unpaired) electrons. The maximum Gasteiger partial charge on any atom is 0.137 e. The molecule has 3 nitrogen and oxygen atoms in total. The van der Waals surface area contributed by atoms with Crippen LogP contribution in [-0.4, -0.2) is 17.7 Å². The molecule has 2 N–H and O–H groups in total. The lowest BCUT2D eigenvalue weighted by atomic mass is 10.0. The van der Waals surface area contributed by atoms with Crippen LogP contribution in [0.2, 0.25) is 0 Å². The van der Waals surface area contributed by atoms with Gasteiger partial charge in [-0.25, -0.2) is 0 Å². The highest BCUT2D eigenvalue weighted by Crippen LogP contribution is 2.30. The molecule has 1 atom stereocenters. The summed E-state index contributed by atoms with van der Waals surface area (Å²) >= 11 is 0. The normalized spacial score (nSPS) is 13.4. The molecule has 1 unspecified atom stereocenters. The molecule has 0 saturated carbocycles. The van der Waals surface area contributed by atoms with Crippen molar-refractivity contribution < 1.29 is 9.52 Å². The van der Waals surface area contributed by atoms with Gasteiger partial charge in [0.2, 0.25) is 0 Å². The van der Waals surface area contributed by atoms with Gasteiger partial charge in [0.05, 0.1) is 0 Å². The van der Waals surface area contributed by atoms with Crippen LogP contribution in [-0.2, 0) is 0 Å². The summed E-state index contributed by atoms with van der Waals surface area (Å²) in [6, 6.07) is 4.48. The van der Waals surface area contributed by atoms with Crippen molar-refractivity contribution >= 4 is 11.0 Å². The smallest absolute Gasteiger partial charge is 0.137 e. The second-order valence-corrected chi connectivity index (χ2v) is 5.61. The van der Waals surface area contributed by atoms with E-state index in [1.165, 1.54) is 11.1 Å². The zero-order valence-corrected chi connectivity index (χ0v) is 12.4. The summed E-state index contributed by atoms with van der Waals surface area (Å²) in [5.74, 6) is 0.639. The van der Waals surface area contributed by atoms with Crippen molar-refractivity contribution in [1.82, 2.24) is 5.32 Å². The minimum Gasteiger partial charge on any atom is -0.458 e. The number of rotatable bonds is 4. The van der Waals surface area contributed by atoms with Gasteiger partial charge in [-0.1, -0.05) is 19.9 Å². The molecular weight excluding hydrogens is 238 g/mol. The minimum absolute atomic E-state index is 0.352. The van der Waals surface area contributed by atoms with Crippen LogP contribution in [0.25, 0.3) is 11.0 Å². The standard InChI is InChI=1S/C16H23NO2/c1-9(2)17-8-14(18)15-7-13-11(4)6-10(3)12(5)16(13)19-15/h6-7,9,14,17-18H,8H2,1-5H3. The zero-order chi connectivity index (χ0) is 14.2. The number of benzene rings is 1. The van der Waals surface area contributed by atoms with E-state index in [1.807, 2.05) is 6.07 Å². The molecule has 0 saturated heterocycles. The van der Waals surface area contributed by atoms with E-state index in [1.54, 1.807) is 0 Å². The predicted molar refractivity (Wildman–Crippen MR) is 78.5 cm³/mol. The number of furan rings is 1. The highest BCUT2D eigenvalue weighted by atomic mass is 16.4. The van der Waals surface area contributed by atoms with Gasteiger partial charge in [0.15, 0.2) is 0 Å². The van der Waals surface area contributed by atoms with Crippen molar-refractivity contribution in [3.05, 3.63) is 34.6 Å². The molecule has 2 rings (SSSR count). The Hall–Kier alpha value is -1.32. The second-order valence-electron chi connectivity index (χ2n) is 5.61. The van der Waals surface area contributed by atoms with E-state index >= 15 is 0 Å². The summed E-state index contributed by atoms with van der Waals surface area (Å²) in [5.41, 5.74) is 4.46. The molecule has 0 amide bonds. The SMILES string of the molecule is Cc1cc(C)c2cc(C(O)CNC(C)C)oc2c1C. The molecule has 0 bridgehead atoms. The minimum atomic E-state index is -0.603. The predicted octanol–water partition coefficient (Wildman–Crippen LogP) is 3.39. The van der Waals surface area contributed by atoms with E-state index < -0.39 is 6.10 Å². The van der Waals surface area contributed by atoms with Gasteiger partial charge in [0.1, 0.15) is 17.4 Å². The Morgan fingerprint density at radius 2 is 1.84 bits per heavy atom. The van der Waals surface area contributed by atoms with Crippen LogP contribution in [0.4, 0.5) is 0 Å². The first-order valence-corrected chi connectivity index (χ1v) is 6.82. The van der Waals surface area contributed by atoms with E-state index in [4.69, 9.17) is 4.42 Å². The molecule has 19 heavy (non-hydrogen) atoms. The Kier molecular flexibility index (Phi) is 3.97. The molecule has 0 aliphatic carbocycles. The summed E-state index contributed by atoms with van der Waals surface area (Å²) < 4.78 is 5.86. The monoisotopic (exact) mass is 261 g/mol. The lowest BCUT2D eigenvalue weighted by molar-refractivity contribution is 0.147. The number of nitrogens with one attached hydrogen (secondary N) is 1. The quantitative estimate of drug-likeness (QED) is 0.886. The molecule has 1 heterocycles. The van der Waals surface area contributed by atoms with Crippen LogP contribution < -0.4 is 5.32 Å². The Bertz CT molecular complexity index is 584. The maximum absolute atomic E-state index is 10.2. The van der Waals surface area contributed by atoms with Crippen molar-refractivity contribution in [3.63, 3.8) is 0 Å². The van der Waals surface area contributed by atoms with E-state index in [2.05, 4.69) is 46.0 Å². The van der Waals surface area contributed by atoms with Crippen molar-refractivity contribution in [3.8, 4) is 0 Å². The molecule has 0 aliphatic rings. The third-order valence-corrected chi connectivity index (χ3v) is 3.59. The Morgan fingerprint density at radius 1 is 1.16 bits per heavy atom. The van der Waals surface area contributed by atoms with Gasteiger partial charge in [0, 0.05) is 18.0 Å². The number of aliphatic hydroxyl groups excluding tert-OH is 1. The molecule has 1 aromatic carbocycles. The maximum atomic E-state index is 10.2. The van der Waals surface area contributed by atoms with Gasteiger partial charge in [-0.15, -0.1) is 0 Å². The summed E-state index contributed by atoms with van der Waals surface area (Å²) in [5, 5.41) is 14.5. The van der Waals surface area contributed by atoms with Gasteiger partial charge < -0.3 is 14.8 Å². The van der Waals surface area contributed by atoms with Crippen molar-refractivity contribution in [2.24, 2.45) is 0 Å². The van der Waals surface area contributed by atoms with Crippen LogP contribution in [0.1, 0.15) is 42.4 Å².